The number of rotatable bonds is 11. The molecule has 0 fully saturated rings. The molecular weight excluding hydrogens is 1070 g/mol. The van der Waals surface area contributed by atoms with Crippen LogP contribution in [0.3, 0.4) is 0 Å². The minimum Gasteiger partial charge on any atom is -0.744 e. The van der Waals surface area contributed by atoms with Crippen LogP contribution in [0, 0.1) is 6.07 Å². The Hall–Kier alpha value is -4.84. The van der Waals surface area contributed by atoms with Gasteiger partial charge in [0.2, 0.25) is 10.8 Å². The SMILES string of the molecule is O=S(=O)([O-])c1cc(S(=O)(=O)c2c[c-]c(Oc3ccc(C(c4ccc(O)cc4)(C(F)(F)F)C(F)(F)F)cc3)cc2)ccc1Oc1ccc(C(c2ccc(O)cc2)(C(F)(F)F)C(F)(F)F)cc1.O=S(=O)=O.[Na+].[Na+]. The van der Waals surface area contributed by atoms with Crippen LogP contribution in [-0.4, -0.2) is 68.9 Å². The van der Waals surface area contributed by atoms with Gasteiger partial charge >= 0.3 is 94.4 Å². The number of sulfone groups is 1. The molecule has 0 saturated carbocycles. The van der Waals surface area contributed by atoms with Gasteiger partial charge in [-0.25, -0.2) is 16.8 Å². The van der Waals surface area contributed by atoms with Crippen molar-refractivity contribution in [1.82, 2.24) is 0 Å². The fraction of sp³-hybridized carbons (Fsp3) is 0.143. The van der Waals surface area contributed by atoms with Gasteiger partial charge in [0.15, 0.2) is 9.84 Å². The third-order valence-corrected chi connectivity index (χ3v) is 12.5. The Bertz CT molecular complexity index is 3120. The van der Waals surface area contributed by atoms with Crippen LogP contribution in [0.15, 0.2) is 148 Å². The van der Waals surface area contributed by atoms with E-state index < -0.39 is 126 Å². The molecule has 0 aliphatic rings. The van der Waals surface area contributed by atoms with Crippen LogP contribution in [0.2, 0.25) is 0 Å². The zero-order valence-corrected chi connectivity index (χ0v) is 41.9. The van der Waals surface area contributed by atoms with Gasteiger partial charge in [-0.1, -0.05) is 48.5 Å². The smallest absolute Gasteiger partial charge is 0.744 e. The molecule has 6 aromatic carbocycles. The van der Waals surface area contributed by atoms with Gasteiger partial charge in [0.25, 0.3) is 0 Å². The first kappa shape index (κ1) is 60.5. The summed E-state index contributed by atoms with van der Waals surface area (Å²) < 4.78 is 273. The Balaban J connectivity index is 0.00000214. The van der Waals surface area contributed by atoms with Gasteiger partial charge in [-0.05, 0) is 93.9 Å². The Morgan fingerprint density at radius 1 is 0.479 bits per heavy atom. The zero-order valence-electron chi connectivity index (χ0n) is 35.4. The summed E-state index contributed by atoms with van der Waals surface area (Å²) in [5.41, 5.74) is -14.4. The van der Waals surface area contributed by atoms with Crippen LogP contribution >= 0.6 is 0 Å². The standard InChI is InChI=1S/C42H25F12O9S2.2Na.O3S/c43-39(44,45)37(40(46,47)48,24-1-9-28(55)10-2-24)26-5-13-30(14-6-26)62-31-17-19-33(20-18-31)64(57,58)34-21-22-35(36(23-34)65(59,60)61)63-32-15-7-27(8-16-32)38(41(49,50)51,42(52,53)54)25-3-11-29(56)12-4-25;;;1-4(2)3/h1-17,19-23,55-56H,(H,59,60,61);;;/q-1;2*+1;/p-1. The molecule has 6 aromatic rings. The summed E-state index contributed by atoms with van der Waals surface area (Å²) in [4.78, 5) is -2.81. The van der Waals surface area contributed by atoms with Crippen molar-refractivity contribution in [3.05, 3.63) is 162 Å². The molecule has 0 unspecified atom stereocenters. The molecular formula is C42H24F12Na2O12S3. The Kier molecular flexibility index (Phi) is 18.8. The van der Waals surface area contributed by atoms with Crippen molar-refractivity contribution in [3.8, 4) is 34.5 Å². The number of aromatic hydroxyl groups is 2. The van der Waals surface area contributed by atoms with Crippen LogP contribution in [-0.2, 0) is 41.4 Å². The maximum absolute atomic E-state index is 14.5. The average Bonchev–Trinajstić information content (AvgIpc) is 3.21. The van der Waals surface area contributed by atoms with Crippen LogP contribution in [0.5, 0.6) is 34.5 Å². The molecule has 12 nitrogen and oxygen atoms in total. The van der Waals surface area contributed by atoms with Crippen molar-refractivity contribution in [2.24, 2.45) is 0 Å². The van der Waals surface area contributed by atoms with Crippen LogP contribution < -0.4 is 68.6 Å². The summed E-state index contributed by atoms with van der Waals surface area (Å²) in [5.74, 6) is -3.37. The molecule has 0 bridgehead atoms. The van der Waals surface area contributed by atoms with Gasteiger partial charge in [-0.15, -0.1) is 24.8 Å². The van der Waals surface area contributed by atoms with E-state index in [0.29, 0.717) is 97.1 Å². The third kappa shape index (κ3) is 12.5. The molecule has 0 amide bonds. The topological polar surface area (TPSA) is 201 Å². The van der Waals surface area contributed by atoms with Crippen molar-refractivity contribution in [2.45, 2.75) is 50.2 Å². The van der Waals surface area contributed by atoms with Crippen LogP contribution in [0.25, 0.3) is 0 Å². The summed E-state index contributed by atoms with van der Waals surface area (Å²) in [6.07, 6.45) is -23.9. The number of hydrogen-bond acceptors (Lipinski definition) is 12. The van der Waals surface area contributed by atoms with Crippen molar-refractivity contribution in [2.75, 3.05) is 0 Å². The first-order valence-electron chi connectivity index (χ1n) is 18.2. The van der Waals surface area contributed by atoms with Gasteiger partial charge in [-0.3, -0.25) is 0 Å². The minimum absolute atomic E-state index is 0. The first-order valence-corrected chi connectivity index (χ1v) is 22.1. The van der Waals surface area contributed by atoms with E-state index in [1.165, 1.54) is 0 Å². The predicted octanol–water partition coefficient (Wildman–Crippen LogP) is 4.04. The summed E-state index contributed by atoms with van der Waals surface area (Å²) in [6, 6.07) is 15.5. The molecule has 0 saturated heterocycles. The molecule has 71 heavy (non-hydrogen) atoms. The molecule has 6 rings (SSSR count). The fourth-order valence-corrected chi connectivity index (χ4v) is 8.84. The van der Waals surface area contributed by atoms with Gasteiger partial charge in [0.1, 0.15) is 38.9 Å². The number of phenolic OH excluding ortho intramolecular Hbond substituents is 2. The van der Waals surface area contributed by atoms with Crippen molar-refractivity contribution >= 4 is 30.6 Å². The summed E-state index contributed by atoms with van der Waals surface area (Å²) in [6.45, 7) is 0. The molecule has 2 N–H and O–H groups in total. The second-order valence-corrected chi connectivity index (χ2v) is 17.7. The summed E-state index contributed by atoms with van der Waals surface area (Å²) >= 11 is 0. The monoisotopic (exact) mass is 1090 g/mol. The van der Waals surface area contributed by atoms with Gasteiger partial charge in [0, 0.05) is 5.75 Å². The van der Waals surface area contributed by atoms with E-state index in [0.717, 1.165) is 36.4 Å². The Labute approximate surface area is 439 Å². The molecule has 368 valence electrons. The van der Waals surface area contributed by atoms with E-state index >= 15 is 0 Å². The van der Waals surface area contributed by atoms with E-state index in [1.807, 2.05) is 0 Å². The van der Waals surface area contributed by atoms with E-state index in [9.17, 15) is 84.3 Å². The molecule has 0 aromatic heterocycles. The second kappa shape index (κ2) is 22.1. The maximum atomic E-state index is 14.5. The summed E-state index contributed by atoms with van der Waals surface area (Å²) in [7, 11) is -13.5. The molecule has 0 radical (unpaired) electrons. The quantitative estimate of drug-likeness (QED) is 0.0818. The van der Waals surface area contributed by atoms with Crippen molar-refractivity contribution in [1.29, 1.82) is 0 Å². The van der Waals surface area contributed by atoms with E-state index in [4.69, 9.17) is 22.1 Å². The normalized spacial score (nSPS) is 12.6. The summed E-state index contributed by atoms with van der Waals surface area (Å²) in [5, 5.41) is 19.0. The largest absolute Gasteiger partial charge is 1.00 e. The van der Waals surface area contributed by atoms with Crippen molar-refractivity contribution < 1.29 is 166 Å². The number of ether oxygens (including phenoxy) is 2. The molecule has 29 heteroatoms. The Morgan fingerprint density at radius 2 is 0.803 bits per heavy atom. The fourth-order valence-electron chi connectivity index (χ4n) is 6.89. The van der Waals surface area contributed by atoms with E-state index in [1.54, 1.807) is 0 Å². The van der Waals surface area contributed by atoms with E-state index in [-0.39, 0.29) is 70.6 Å². The molecule has 0 heterocycles. The van der Waals surface area contributed by atoms with Crippen LogP contribution in [0.4, 0.5) is 52.7 Å². The van der Waals surface area contributed by atoms with Crippen LogP contribution in [0.1, 0.15) is 22.3 Å². The average molecular weight is 1090 g/mol. The molecule has 0 spiro atoms. The zero-order chi connectivity index (χ0) is 51.8. The number of halogens is 12. The number of alkyl halides is 12. The molecule has 0 aliphatic carbocycles. The van der Waals surface area contributed by atoms with E-state index in [2.05, 4.69) is 6.07 Å². The maximum Gasteiger partial charge on any atom is 1.00 e. The van der Waals surface area contributed by atoms with Gasteiger partial charge in [0.05, 0.1) is 9.79 Å². The van der Waals surface area contributed by atoms with Gasteiger partial charge < -0.3 is 24.2 Å². The third-order valence-electron chi connectivity index (χ3n) is 9.89. The second-order valence-electron chi connectivity index (χ2n) is 14.0. The van der Waals surface area contributed by atoms with Gasteiger partial charge in [-0.2, -0.15) is 64.8 Å². The number of benzene rings is 6. The van der Waals surface area contributed by atoms with Crippen molar-refractivity contribution in [3.63, 3.8) is 0 Å². The molecule has 0 aliphatic heterocycles. The molecule has 0 atom stereocenters. The number of hydrogen-bond donors (Lipinski definition) is 2. The first-order chi connectivity index (χ1) is 31.7. The number of phenols is 2. The predicted molar refractivity (Wildman–Crippen MR) is 210 cm³/mol. The Morgan fingerprint density at radius 3 is 1.11 bits per heavy atom. The minimum atomic E-state index is -6.01.